The number of benzene rings is 4. The van der Waals surface area contributed by atoms with Crippen molar-refractivity contribution < 1.29 is 112 Å². The predicted octanol–water partition coefficient (Wildman–Crippen LogP) is 7.66. The molecular formula is C107H162N16O23. The van der Waals surface area contributed by atoms with Gasteiger partial charge in [0.1, 0.15) is 35.5 Å². The van der Waals surface area contributed by atoms with Crippen molar-refractivity contribution in [3.05, 3.63) is 156 Å². The lowest BCUT2D eigenvalue weighted by molar-refractivity contribution is -0.142. The molecule has 0 aliphatic carbocycles. The Morgan fingerprint density at radius 1 is 0.315 bits per heavy atom. The fourth-order valence-corrected chi connectivity index (χ4v) is 17.3. The largest absolute Gasteiger partial charge is 0.511 e. The minimum atomic E-state index is -1.49. The number of rotatable bonds is 69. The Balaban J connectivity index is 0.000000534. The van der Waals surface area contributed by atoms with Gasteiger partial charge in [-0.1, -0.05) is 199 Å². The number of carbonyl (C=O) groups excluding carboxylic acids is 12. The number of carboxylic acids is 5. The monoisotopic (exact) mass is 2040 g/mol. The van der Waals surface area contributed by atoms with Gasteiger partial charge >= 0.3 is 41.9 Å². The summed E-state index contributed by atoms with van der Waals surface area (Å²) in [6, 6.07) is 29.1. The number of aliphatic hydroxyl groups excluding tert-OH is 1. The van der Waals surface area contributed by atoms with Crippen LogP contribution >= 0.6 is 0 Å². The number of ketones is 4. The highest BCUT2D eigenvalue weighted by Gasteiger charge is 2.36. The van der Waals surface area contributed by atoms with Crippen LogP contribution in [0.25, 0.3) is 0 Å². The summed E-state index contributed by atoms with van der Waals surface area (Å²) in [6.07, 6.45) is 13.8. The first-order chi connectivity index (χ1) is 70.1. The molecule has 0 spiro atoms. The number of urea groups is 2. The summed E-state index contributed by atoms with van der Waals surface area (Å²) in [4.78, 5) is 213. The number of fused-ring (bicyclic) bond motifs is 15. The first kappa shape index (κ1) is 124. The fourth-order valence-electron chi connectivity index (χ4n) is 17.3. The van der Waals surface area contributed by atoms with Crippen LogP contribution in [0.4, 0.5) is 9.59 Å². The maximum Gasteiger partial charge on any atom is 0.326 e. The van der Waals surface area contributed by atoms with Crippen LogP contribution in [0.2, 0.25) is 0 Å². The smallest absolute Gasteiger partial charge is 0.326 e. The van der Waals surface area contributed by atoms with E-state index in [-0.39, 0.29) is 147 Å². The van der Waals surface area contributed by atoms with Crippen LogP contribution in [0, 0.1) is 17.3 Å². The summed E-state index contributed by atoms with van der Waals surface area (Å²) in [6.45, 7) is 15.5. The molecule has 3 heterocycles. The Kier molecular flexibility index (Phi) is 61.8. The van der Waals surface area contributed by atoms with E-state index in [2.05, 4.69) is 98.6 Å². The van der Waals surface area contributed by atoms with E-state index in [0.717, 1.165) is 133 Å². The van der Waals surface area contributed by atoms with E-state index in [1.807, 2.05) is 121 Å². The molecule has 7 rings (SSSR count). The Hall–Kier alpha value is -12.4. The minimum absolute atomic E-state index is 0.0396. The van der Waals surface area contributed by atoms with Gasteiger partial charge in [0.15, 0.2) is 11.6 Å². The summed E-state index contributed by atoms with van der Waals surface area (Å²) in [5.41, 5.74) is 2.99. The summed E-state index contributed by atoms with van der Waals surface area (Å²) in [7, 11) is 1.53. The van der Waals surface area contributed by atoms with Gasteiger partial charge in [0.2, 0.25) is 35.4 Å². The van der Waals surface area contributed by atoms with Crippen LogP contribution in [0.5, 0.6) is 0 Å². The van der Waals surface area contributed by atoms with Crippen LogP contribution in [0.15, 0.2) is 134 Å². The second-order valence-electron chi connectivity index (χ2n) is 38.5. The lowest BCUT2D eigenvalue weighted by atomic mass is 9.89. The molecule has 22 N–H and O–H groups in total. The molecule has 146 heavy (non-hydrogen) atoms. The maximum absolute atomic E-state index is 14.3. The minimum Gasteiger partial charge on any atom is -0.511 e. The van der Waals surface area contributed by atoms with Crippen LogP contribution in [0.1, 0.15) is 247 Å². The molecule has 0 saturated carbocycles. The second-order valence-corrected chi connectivity index (χ2v) is 38.5. The third-order valence-electron chi connectivity index (χ3n) is 25.7. The standard InChI is InChI=1S/C61H97N11O11.C46H65N5O12/c1-45(73)50(70-59(83)71-51(58(81)82)27-28-56(78)79)24-15-8-14-23-49(74)22-13-4-3-5-16-29-68-57(80)48(36-46-18-9-6-10-19-46)38-53(75)52(37-47-20-11-7-12-21-47)69-54(76)25-17-26-55(77)72-61-42-65-33-30-62-39-60(2,40-63-31-34-66-43-61)41-64-32-35-67-44-61;1-47-40(54)24-16-25-41(55)49-38(30-33-19-10-6-11-20-33)39(53)31-34(29-32-17-8-5-9-18-32)43(58)48-28-15-4-2-3-12-21-35(52)22-13-7-14-23-36(44(59)60)50-46(63)51-37(45(61)62)26-27-42(56)57/h6-7,9-12,18-21,48,50-52,62-67,73H,1,3-5,8,13-17,22-44H2,2H3,(H,68,80)(H,69,76)(H,72,77)(H,78,79)(H,81,82)(H2,70,71,83);5-6,8-11,17-20,34,36-38H,2-4,7,12-16,21-31H2,1H3,(H,47,54)(H,48,58)(H,49,55)(H,56,57)(H,59,60)(H,61,62)(H2,50,51,63)/t48-,50?,51?,52?,60?,61?;34-,36?,37?,38+/m00/s1. The highest BCUT2D eigenvalue weighted by molar-refractivity contribution is 5.95. The average molecular weight is 2040 g/mol. The molecule has 2 bridgehead atoms. The second kappa shape index (κ2) is 72.8. The Labute approximate surface area is 858 Å². The number of unbranched alkanes of at least 4 members (excludes halogenated alkanes) is 12. The Bertz CT molecular complexity index is 4610. The van der Waals surface area contributed by atoms with Gasteiger partial charge in [-0.3, -0.25) is 57.5 Å². The highest BCUT2D eigenvalue weighted by Crippen LogP contribution is 2.23. The summed E-state index contributed by atoms with van der Waals surface area (Å²) in [5.74, 6) is -9.96. The van der Waals surface area contributed by atoms with Gasteiger partial charge in [0, 0.05) is 193 Å². The quantitative estimate of drug-likeness (QED) is 0.0149. The zero-order chi connectivity index (χ0) is 107. The van der Waals surface area contributed by atoms with Crippen molar-refractivity contribution in [2.24, 2.45) is 17.3 Å². The van der Waals surface area contributed by atoms with Crippen molar-refractivity contribution in [2.45, 2.75) is 293 Å². The van der Waals surface area contributed by atoms with E-state index in [1.165, 1.54) is 7.05 Å². The molecule has 4 aromatic carbocycles. The molecule has 808 valence electrons. The SMILES string of the molecule is C=C(O)C(CCCCCC(=O)CCCCCCCNC(=O)[C@H](CC(=O)C(Cc1ccccc1)NC(=O)CCCC(=O)NC12CNCCNCC(C)(CNCCNC1)CNCCNC2)Cc1ccccc1)NC(=O)NC(CCC(=O)O)C(=O)O.CNC(=O)CCCC(=O)N[C@H](Cc1ccccc1)C(=O)C[C@H](Cc1ccccc1)C(=O)NCCCCCCCC(=O)CCCCCC(NC(=O)NC(CCC(=O)O)C(=O)O)C(=O)O. The van der Waals surface area contributed by atoms with Crippen molar-refractivity contribution in [3.8, 4) is 0 Å². The number of carboxylic acid groups (broad SMARTS) is 5. The van der Waals surface area contributed by atoms with Crippen molar-refractivity contribution in [2.75, 3.05) is 98.7 Å². The van der Waals surface area contributed by atoms with Gasteiger partial charge < -0.3 is 116 Å². The summed E-state index contributed by atoms with van der Waals surface area (Å²) < 4.78 is 0. The first-order valence-corrected chi connectivity index (χ1v) is 51.9. The molecule has 0 aromatic heterocycles. The molecule has 8 atom stereocenters. The fraction of sp³-hybridized carbons (Fsp3) is 0.598. The van der Waals surface area contributed by atoms with E-state index in [1.54, 1.807) is 0 Å². The lowest BCUT2D eigenvalue weighted by Gasteiger charge is -2.37. The first-order valence-electron chi connectivity index (χ1n) is 51.9. The molecule has 10 amide bonds. The number of nitrogens with one attached hydrogen (secondary N) is 16. The van der Waals surface area contributed by atoms with Gasteiger partial charge in [-0.15, -0.1) is 0 Å². The molecule has 3 aliphatic heterocycles. The summed E-state index contributed by atoms with van der Waals surface area (Å²) in [5, 5.41) is 104. The van der Waals surface area contributed by atoms with Gasteiger partial charge in [-0.25, -0.2) is 24.0 Å². The van der Waals surface area contributed by atoms with E-state index in [9.17, 15) is 102 Å². The van der Waals surface area contributed by atoms with Gasteiger partial charge in [0.25, 0.3) is 0 Å². The molecule has 3 aliphatic rings. The molecule has 3 fully saturated rings. The van der Waals surface area contributed by atoms with Gasteiger partial charge in [-0.2, -0.15) is 0 Å². The van der Waals surface area contributed by atoms with Crippen molar-refractivity contribution in [1.82, 2.24) is 85.1 Å². The van der Waals surface area contributed by atoms with Crippen molar-refractivity contribution >= 4 is 100 Å². The van der Waals surface area contributed by atoms with Crippen molar-refractivity contribution in [1.29, 1.82) is 0 Å². The number of carbonyl (C=O) groups is 17. The van der Waals surface area contributed by atoms with E-state index in [0.29, 0.717) is 135 Å². The molecular weight excluding hydrogens is 1880 g/mol. The van der Waals surface area contributed by atoms with Crippen molar-refractivity contribution in [3.63, 3.8) is 0 Å². The van der Waals surface area contributed by atoms with Crippen LogP contribution in [-0.2, 0) is 97.6 Å². The molecule has 3 saturated heterocycles. The van der Waals surface area contributed by atoms with E-state index >= 15 is 0 Å². The Morgan fingerprint density at radius 2 is 0.610 bits per heavy atom. The average Bonchev–Trinajstić information content (AvgIpc) is 0.857. The number of aliphatic hydroxyl groups is 1. The number of hydrogen-bond acceptors (Lipinski definition) is 24. The van der Waals surface area contributed by atoms with Crippen LogP contribution < -0.4 is 85.1 Å². The summed E-state index contributed by atoms with van der Waals surface area (Å²) >= 11 is 0. The van der Waals surface area contributed by atoms with Crippen LogP contribution in [-0.4, -0.2) is 272 Å². The predicted molar refractivity (Wildman–Crippen MR) is 553 cm³/mol. The highest BCUT2D eigenvalue weighted by atomic mass is 16.4. The zero-order valence-electron chi connectivity index (χ0n) is 85.3. The molecule has 4 aromatic rings. The lowest BCUT2D eigenvalue weighted by Crippen LogP contribution is -2.66. The maximum atomic E-state index is 14.3. The topological polar surface area (TPSA) is 604 Å². The molecule has 39 nitrogen and oxygen atoms in total. The van der Waals surface area contributed by atoms with E-state index < -0.39 is 108 Å². The van der Waals surface area contributed by atoms with Crippen LogP contribution in [0.3, 0.4) is 0 Å². The Morgan fingerprint density at radius 3 is 0.945 bits per heavy atom. The molecule has 39 heteroatoms. The van der Waals surface area contributed by atoms with Gasteiger partial charge in [0.05, 0.1) is 23.7 Å². The number of hydrogen-bond donors (Lipinski definition) is 22. The number of aliphatic carboxylic acids is 5. The third kappa shape index (κ3) is 56.3. The molecule has 0 radical (unpaired) electrons. The molecule has 5 unspecified atom stereocenters. The van der Waals surface area contributed by atoms with E-state index in [4.69, 9.17) is 10.2 Å². The normalized spacial score (nSPS) is 16.6. The number of amides is 10. The zero-order valence-corrected chi connectivity index (χ0v) is 85.3. The number of Topliss-reactive ketones (excluding diaryl/α,β-unsaturated/α-hetero) is 4. The third-order valence-corrected chi connectivity index (χ3v) is 25.7. The van der Waals surface area contributed by atoms with Gasteiger partial charge in [-0.05, 0) is 125 Å².